The topological polar surface area (TPSA) is 29.5 Å². The number of carbonyl (C=O) groups excluding carboxylic acids is 1. The smallest absolute Gasteiger partial charge is 0.258 e. The van der Waals surface area contributed by atoms with Gasteiger partial charge in [-0.05, 0) is 26.7 Å². The summed E-state index contributed by atoms with van der Waals surface area (Å²) in [7, 11) is 0. The maximum absolute atomic E-state index is 12.0. The highest BCUT2D eigenvalue weighted by atomic mass is 35.5. The molecule has 1 amide bonds. The molecule has 0 aromatic heterocycles. The van der Waals surface area contributed by atoms with Crippen LogP contribution in [0.4, 0.5) is 0 Å². The number of halogens is 2. The first-order valence-electron chi connectivity index (χ1n) is 5.72. The van der Waals surface area contributed by atoms with Crippen molar-refractivity contribution in [1.29, 1.82) is 0 Å². The molecule has 1 aliphatic heterocycles. The molecule has 2 fully saturated rings. The highest BCUT2D eigenvalue weighted by Crippen LogP contribution is 2.40. The van der Waals surface area contributed by atoms with E-state index >= 15 is 0 Å². The minimum absolute atomic E-state index is 0.149. The molecule has 3 nitrogen and oxygen atoms in total. The van der Waals surface area contributed by atoms with Gasteiger partial charge in [-0.15, -0.1) is 0 Å². The second-order valence-electron chi connectivity index (χ2n) is 4.96. The Hall–Kier alpha value is 0.01000. The first-order chi connectivity index (χ1) is 7.43. The van der Waals surface area contributed by atoms with Gasteiger partial charge in [-0.2, -0.15) is 0 Å². The largest absolute Gasteiger partial charge is 0.351 e. The maximum Gasteiger partial charge on any atom is 0.258 e. The molecule has 0 aromatic carbocycles. The maximum atomic E-state index is 12.0. The Morgan fingerprint density at radius 3 is 2.62 bits per heavy atom. The number of rotatable bonds is 1. The van der Waals surface area contributed by atoms with Crippen LogP contribution in [-0.4, -0.2) is 33.5 Å². The fourth-order valence-electron chi connectivity index (χ4n) is 2.87. The lowest BCUT2D eigenvalue weighted by Crippen LogP contribution is -2.50. The summed E-state index contributed by atoms with van der Waals surface area (Å²) in [5.74, 6) is -0.234. The van der Waals surface area contributed by atoms with Crippen LogP contribution in [0, 0.1) is 0 Å². The fourth-order valence-corrected chi connectivity index (χ4v) is 3.08. The lowest BCUT2D eigenvalue weighted by atomic mass is 9.92. The molecule has 1 saturated carbocycles. The third kappa shape index (κ3) is 2.05. The van der Waals surface area contributed by atoms with Crippen LogP contribution in [0.15, 0.2) is 0 Å². The van der Waals surface area contributed by atoms with E-state index in [-0.39, 0.29) is 18.1 Å². The van der Waals surface area contributed by atoms with Crippen LogP contribution in [0.5, 0.6) is 0 Å². The lowest BCUT2D eigenvalue weighted by molar-refractivity contribution is -0.145. The number of hydrogen-bond donors (Lipinski definition) is 0. The van der Waals surface area contributed by atoms with Crippen molar-refractivity contribution in [3.63, 3.8) is 0 Å². The van der Waals surface area contributed by atoms with Crippen LogP contribution in [0.25, 0.3) is 0 Å². The molecule has 0 radical (unpaired) electrons. The van der Waals surface area contributed by atoms with Crippen molar-refractivity contribution in [2.45, 2.75) is 62.2 Å². The zero-order chi connectivity index (χ0) is 11.9. The van der Waals surface area contributed by atoms with Crippen molar-refractivity contribution in [2.24, 2.45) is 0 Å². The Morgan fingerprint density at radius 1 is 1.38 bits per heavy atom. The van der Waals surface area contributed by atoms with E-state index in [4.69, 9.17) is 27.9 Å². The van der Waals surface area contributed by atoms with Gasteiger partial charge < -0.3 is 9.64 Å². The molecule has 2 rings (SSSR count). The molecule has 0 spiro atoms. The molecule has 16 heavy (non-hydrogen) atoms. The number of ether oxygens (including phenoxy) is 1. The molecule has 2 unspecified atom stereocenters. The lowest BCUT2D eigenvalue weighted by Gasteiger charge is -2.35. The molecule has 5 heteroatoms. The number of amides is 1. The molecule has 0 N–H and O–H groups in total. The van der Waals surface area contributed by atoms with Crippen molar-refractivity contribution < 1.29 is 9.53 Å². The van der Waals surface area contributed by atoms with Crippen LogP contribution in [0.2, 0.25) is 0 Å². The molecular weight excluding hydrogens is 249 g/mol. The van der Waals surface area contributed by atoms with Crippen LogP contribution in [0.1, 0.15) is 39.5 Å². The van der Waals surface area contributed by atoms with Gasteiger partial charge >= 0.3 is 0 Å². The monoisotopic (exact) mass is 265 g/mol. The summed E-state index contributed by atoms with van der Waals surface area (Å²) in [5, 5.41) is 0. The van der Waals surface area contributed by atoms with Crippen LogP contribution < -0.4 is 0 Å². The second kappa shape index (κ2) is 4.35. The summed E-state index contributed by atoms with van der Waals surface area (Å²) in [6, 6.07) is 0.149. The van der Waals surface area contributed by atoms with Crippen molar-refractivity contribution in [1.82, 2.24) is 4.90 Å². The van der Waals surface area contributed by atoms with Gasteiger partial charge in [0.05, 0.1) is 12.1 Å². The molecular formula is C11H17Cl2NO2. The standard InChI is InChI=1S/C11H17Cl2NO2/c1-11(2)14(10(15)9(12)13)7-5-3-4-6-8(7)16-11/h7-9H,3-6H2,1-2H3. The third-order valence-corrected chi connectivity index (χ3v) is 3.82. The van der Waals surface area contributed by atoms with Gasteiger partial charge in [-0.25, -0.2) is 0 Å². The van der Waals surface area contributed by atoms with Crippen LogP contribution in [-0.2, 0) is 9.53 Å². The molecule has 0 bridgehead atoms. The van der Waals surface area contributed by atoms with E-state index in [0.717, 1.165) is 19.3 Å². The van der Waals surface area contributed by atoms with Gasteiger partial charge in [0.2, 0.25) is 0 Å². The molecule has 92 valence electrons. The van der Waals surface area contributed by atoms with Gasteiger partial charge in [-0.3, -0.25) is 4.79 Å². The van der Waals surface area contributed by atoms with E-state index in [0.29, 0.717) is 0 Å². The summed E-state index contributed by atoms with van der Waals surface area (Å²) >= 11 is 11.4. The number of nitrogens with zero attached hydrogens (tertiary/aromatic N) is 1. The highest BCUT2D eigenvalue weighted by molar-refractivity contribution is 6.53. The van der Waals surface area contributed by atoms with Crippen molar-refractivity contribution in [3.05, 3.63) is 0 Å². The Balaban J connectivity index is 2.23. The Kier molecular flexibility index (Phi) is 3.39. The second-order valence-corrected chi connectivity index (χ2v) is 6.06. The SMILES string of the molecule is CC1(C)OC2CCCCC2N1C(=O)C(Cl)Cl. The Morgan fingerprint density at radius 2 is 2.00 bits per heavy atom. The quantitative estimate of drug-likeness (QED) is 0.683. The minimum atomic E-state index is -0.997. The average molecular weight is 266 g/mol. The molecule has 1 aliphatic carbocycles. The summed E-state index contributed by atoms with van der Waals surface area (Å²) in [6.45, 7) is 3.80. The zero-order valence-corrected chi connectivity index (χ0v) is 11.1. The highest BCUT2D eigenvalue weighted by Gasteiger charge is 2.50. The normalized spacial score (nSPS) is 32.9. The molecule has 1 heterocycles. The number of hydrogen-bond acceptors (Lipinski definition) is 2. The first-order valence-corrected chi connectivity index (χ1v) is 6.60. The van der Waals surface area contributed by atoms with Crippen LogP contribution in [0.3, 0.4) is 0 Å². The number of carbonyl (C=O) groups is 1. The van der Waals surface area contributed by atoms with Gasteiger partial charge in [-0.1, -0.05) is 36.0 Å². The van der Waals surface area contributed by atoms with Gasteiger partial charge in [0.1, 0.15) is 5.72 Å². The Bertz CT molecular complexity index is 294. The number of alkyl halides is 2. The van der Waals surface area contributed by atoms with E-state index in [1.165, 1.54) is 6.42 Å². The zero-order valence-electron chi connectivity index (χ0n) is 9.58. The molecule has 2 aliphatic rings. The summed E-state index contributed by atoms with van der Waals surface area (Å²) in [6.07, 6.45) is 4.47. The predicted octanol–water partition coefficient (Wildman–Crippen LogP) is 2.70. The summed E-state index contributed by atoms with van der Waals surface area (Å²) < 4.78 is 5.92. The van der Waals surface area contributed by atoms with E-state index in [9.17, 15) is 4.79 Å². The van der Waals surface area contributed by atoms with Crippen molar-refractivity contribution >= 4 is 29.1 Å². The third-order valence-electron chi connectivity index (χ3n) is 3.44. The van der Waals surface area contributed by atoms with Gasteiger partial charge in [0, 0.05) is 0 Å². The predicted molar refractivity (Wildman–Crippen MR) is 63.5 cm³/mol. The van der Waals surface area contributed by atoms with Gasteiger partial charge in [0.25, 0.3) is 5.91 Å². The summed E-state index contributed by atoms with van der Waals surface area (Å²) in [5.41, 5.74) is -0.585. The van der Waals surface area contributed by atoms with E-state index < -0.39 is 10.6 Å². The van der Waals surface area contributed by atoms with Crippen molar-refractivity contribution in [2.75, 3.05) is 0 Å². The molecule has 2 atom stereocenters. The molecule has 0 aromatic rings. The Labute approximate surface area is 106 Å². The average Bonchev–Trinajstić information content (AvgIpc) is 2.46. The number of fused-ring (bicyclic) bond motifs is 1. The van der Waals surface area contributed by atoms with E-state index in [1.54, 1.807) is 4.90 Å². The fraction of sp³-hybridized carbons (Fsp3) is 0.909. The van der Waals surface area contributed by atoms with Gasteiger partial charge in [0.15, 0.2) is 4.84 Å². The van der Waals surface area contributed by atoms with E-state index in [1.807, 2.05) is 13.8 Å². The summed E-state index contributed by atoms with van der Waals surface area (Å²) in [4.78, 5) is 12.7. The first kappa shape index (κ1) is 12.5. The molecule has 1 saturated heterocycles. The minimum Gasteiger partial charge on any atom is -0.351 e. The van der Waals surface area contributed by atoms with E-state index in [2.05, 4.69) is 0 Å². The van der Waals surface area contributed by atoms with Crippen LogP contribution >= 0.6 is 23.2 Å². The van der Waals surface area contributed by atoms with Crippen molar-refractivity contribution in [3.8, 4) is 0 Å².